The molecule has 1 aromatic heterocycles. The van der Waals surface area contributed by atoms with Crippen LogP contribution in [0.15, 0.2) is 17.5 Å². The van der Waals surface area contributed by atoms with Crippen LogP contribution in [0.4, 0.5) is 0 Å². The fourth-order valence-electron chi connectivity index (χ4n) is 3.22. The Morgan fingerprint density at radius 3 is 3.05 bits per heavy atom. The Balaban J connectivity index is 1.81. The van der Waals surface area contributed by atoms with Crippen molar-refractivity contribution in [2.75, 3.05) is 19.8 Å². The number of nitrogens with zero attached hydrogens (tertiary/aromatic N) is 1. The highest BCUT2D eigenvalue weighted by Gasteiger charge is 2.48. The summed E-state index contributed by atoms with van der Waals surface area (Å²) in [6, 6.07) is 4.16. The van der Waals surface area contributed by atoms with Gasteiger partial charge >= 0.3 is 0 Å². The van der Waals surface area contributed by atoms with E-state index >= 15 is 0 Å². The van der Waals surface area contributed by atoms with E-state index in [0.29, 0.717) is 5.92 Å². The predicted octanol–water partition coefficient (Wildman–Crippen LogP) is 2.77. The van der Waals surface area contributed by atoms with Crippen LogP contribution in [0.5, 0.6) is 0 Å². The molecule has 3 heterocycles. The third kappa shape index (κ3) is 2.87. The van der Waals surface area contributed by atoms with Gasteiger partial charge in [0.1, 0.15) is 6.17 Å². The monoisotopic (exact) mass is 308 g/mol. The molecular weight excluding hydrogens is 284 g/mol. The molecule has 2 saturated heterocycles. The third-order valence-electron chi connectivity index (χ3n) is 4.73. The Labute approximate surface area is 130 Å². The van der Waals surface area contributed by atoms with E-state index in [1.54, 1.807) is 11.3 Å². The topological polar surface area (TPSA) is 41.6 Å². The van der Waals surface area contributed by atoms with Crippen LogP contribution in [0.25, 0.3) is 0 Å². The second kappa shape index (κ2) is 6.07. The summed E-state index contributed by atoms with van der Waals surface area (Å²) in [6.45, 7) is 6.54. The standard InChI is InChI=1S/C16H24N2O2S/c1-3-16(2)15(19)18(10-12-6-4-8-20-11-12)14(17-16)13-7-5-9-21-13/h5,7,9,12,14,17H,3-4,6,8,10-11H2,1-2H3. The first-order valence-electron chi connectivity index (χ1n) is 7.84. The van der Waals surface area contributed by atoms with Crippen molar-refractivity contribution in [3.8, 4) is 0 Å². The summed E-state index contributed by atoms with van der Waals surface area (Å²) in [5, 5.41) is 5.63. The zero-order valence-electron chi connectivity index (χ0n) is 12.8. The van der Waals surface area contributed by atoms with E-state index in [4.69, 9.17) is 4.74 Å². The molecule has 5 heteroatoms. The van der Waals surface area contributed by atoms with Crippen molar-refractivity contribution in [3.05, 3.63) is 22.4 Å². The van der Waals surface area contributed by atoms with Gasteiger partial charge in [-0.3, -0.25) is 10.1 Å². The summed E-state index contributed by atoms with van der Waals surface area (Å²) in [5.74, 6) is 0.695. The first-order chi connectivity index (χ1) is 10.1. The number of carbonyl (C=O) groups excluding carboxylic acids is 1. The second-order valence-electron chi connectivity index (χ2n) is 6.29. The van der Waals surface area contributed by atoms with Crippen LogP contribution in [0, 0.1) is 5.92 Å². The van der Waals surface area contributed by atoms with Gasteiger partial charge in [0.2, 0.25) is 5.91 Å². The largest absolute Gasteiger partial charge is 0.381 e. The van der Waals surface area contributed by atoms with Crippen LogP contribution in [0.3, 0.4) is 0 Å². The minimum atomic E-state index is -0.440. The average molecular weight is 308 g/mol. The Morgan fingerprint density at radius 1 is 1.57 bits per heavy atom. The van der Waals surface area contributed by atoms with Crippen LogP contribution in [-0.4, -0.2) is 36.1 Å². The second-order valence-corrected chi connectivity index (χ2v) is 7.27. The Morgan fingerprint density at radius 2 is 2.43 bits per heavy atom. The lowest BCUT2D eigenvalue weighted by Gasteiger charge is -2.30. The van der Waals surface area contributed by atoms with Gasteiger partial charge in [0.05, 0.1) is 12.1 Å². The molecule has 3 unspecified atom stereocenters. The van der Waals surface area contributed by atoms with Crippen molar-refractivity contribution in [1.29, 1.82) is 0 Å². The van der Waals surface area contributed by atoms with E-state index in [9.17, 15) is 4.79 Å². The number of ether oxygens (including phenoxy) is 1. The lowest BCUT2D eigenvalue weighted by molar-refractivity contribution is -0.134. The molecule has 116 valence electrons. The summed E-state index contributed by atoms with van der Waals surface area (Å²) in [4.78, 5) is 16.1. The molecule has 0 aromatic carbocycles. The van der Waals surface area contributed by atoms with Crippen molar-refractivity contribution in [1.82, 2.24) is 10.2 Å². The zero-order valence-corrected chi connectivity index (χ0v) is 13.6. The SMILES string of the molecule is CCC1(C)NC(c2cccs2)N(CC2CCCOC2)C1=O. The number of hydrogen-bond acceptors (Lipinski definition) is 4. The maximum Gasteiger partial charge on any atom is 0.244 e. The maximum atomic E-state index is 12.9. The molecule has 0 spiro atoms. The molecule has 0 bridgehead atoms. The first-order valence-corrected chi connectivity index (χ1v) is 8.72. The molecule has 2 fully saturated rings. The van der Waals surface area contributed by atoms with Crippen molar-refractivity contribution in [2.24, 2.45) is 5.92 Å². The number of amides is 1. The Hall–Kier alpha value is -0.910. The van der Waals surface area contributed by atoms with Crippen molar-refractivity contribution < 1.29 is 9.53 Å². The van der Waals surface area contributed by atoms with E-state index in [2.05, 4.69) is 29.8 Å². The van der Waals surface area contributed by atoms with Crippen LogP contribution in [-0.2, 0) is 9.53 Å². The van der Waals surface area contributed by atoms with E-state index in [1.165, 1.54) is 4.88 Å². The van der Waals surface area contributed by atoms with Gasteiger partial charge in [-0.2, -0.15) is 0 Å². The van der Waals surface area contributed by atoms with Crippen LogP contribution in [0.1, 0.15) is 44.2 Å². The maximum absolute atomic E-state index is 12.9. The van der Waals surface area contributed by atoms with Gasteiger partial charge in [0.25, 0.3) is 0 Å². The number of nitrogens with one attached hydrogen (secondary N) is 1. The molecule has 2 aliphatic heterocycles. The highest BCUT2D eigenvalue weighted by atomic mass is 32.1. The molecule has 0 saturated carbocycles. The van der Waals surface area contributed by atoms with E-state index in [1.807, 2.05) is 11.8 Å². The summed E-state index contributed by atoms with van der Waals surface area (Å²) in [7, 11) is 0. The molecule has 3 rings (SSSR count). The molecule has 1 amide bonds. The number of rotatable bonds is 4. The molecule has 0 radical (unpaired) electrons. The smallest absolute Gasteiger partial charge is 0.244 e. The average Bonchev–Trinajstić information content (AvgIpc) is 3.11. The predicted molar refractivity (Wildman–Crippen MR) is 84.1 cm³/mol. The molecule has 2 aliphatic rings. The fourth-order valence-corrected chi connectivity index (χ4v) is 4.00. The molecule has 1 aromatic rings. The van der Waals surface area contributed by atoms with E-state index in [0.717, 1.165) is 39.0 Å². The summed E-state index contributed by atoms with van der Waals surface area (Å²) < 4.78 is 5.58. The Bertz CT molecular complexity index is 484. The van der Waals surface area contributed by atoms with Gasteiger partial charge in [-0.1, -0.05) is 13.0 Å². The van der Waals surface area contributed by atoms with Gasteiger partial charge in [-0.15, -0.1) is 11.3 Å². The van der Waals surface area contributed by atoms with Crippen LogP contribution >= 0.6 is 11.3 Å². The quantitative estimate of drug-likeness (QED) is 0.930. The van der Waals surface area contributed by atoms with Crippen molar-refractivity contribution in [2.45, 2.75) is 44.8 Å². The molecule has 4 nitrogen and oxygen atoms in total. The first kappa shape index (κ1) is 15.0. The highest BCUT2D eigenvalue weighted by Crippen LogP contribution is 2.35. The fraction of sp³-hybridized carbons (Fsp3) is 0.688. The summed E-state index contributed by atoms with van der Waals surface area (Å²) >= 11 is 1.71. The molecular formula is C16H24N2O2S. The number of thiophene rings is 1. The normalized spacial score (nSPS) is 33.6. The van der Waals surface area contributed by atoms with Gasteiger partial charge in [-0.25, -0.2) is 0 Å². The molecule has 0 aliphatic carbocycles. The highest BCUT2D eigenvalue weighted by molar-refractivity contribution is 7.10. The lowest BCUT2D eigenvalue weighted by atomic mass is 9.98. The van der Waals surface area contributed by atoms with Gasteiger partial charge < -0.3 is 9.64 Å². The van der Waals surface area contributed by atoms with Crippen LogP contribution < -0.4 is 5.32 Å². The number of carbonyl (C=O) groups is 1. The lowest BCUT2D eigenvalue weighted by Crippen LogP contribution is -2.43. The molecule has 21 heavy (non-hydrogen) atoms. The minimum absolute atomic E-state index is 0.0179. The van der Waals surface area contributed by atoms with Crippen LogP contribution in [0.2, 0.25) is 0 Å². The van der Waals surface area contributed by atoms with E-state index < -0.39 is 5.54 Å². The molecule has 3 atom stereocenters. The van der Waals surface area contributed by atoms with E-state index in [-0.39, 0.29) is 12.1 Å². The summed E-state index contributed by atoms with van der Waals surface area (Å²) in [5.41, 5.74) is -0.440. The third-order valence-corrected chi connectivity index (χ3v) is 5.65. The Kier molecular flexibility index (Phi) is 4.33. The zero-order chi connectivity index (χ0) is 14.9. The number of hydrogen-bond donors (Lipinski definition) is 1. The summed E-state index contributed by atoms with van der Waals surface area (Å²) in [6.07, 6.45) is 3.09. The van der Waals surface area contributed by atoms with Gasteiger partial charge in [0.15, 0.2) is 0 Å². The minimum Gasteiger partial charge on any atom is -0.381 e. The van der Waals surface area contributed by atoms with Gasteiger partial charge in [-0.05, 0) is 37.6 Å². The van der Waals surface area contributed by atoms with Crippen molar-refractivity contribution >= 4 is 17.2 Å². The van der Waals surface area contributed by atoms with Crippen molar-refractivity contribution in [3.63, 3.8) is 0 Å². The molecule has 1 N–H and O–H groups in total. The van der Waals surface area contributed by atoms with Gasteiger partial charge in [0, 0.05) is 23.9 Å².